The van der Waals surface area contributed by atoms with Gasteiger partial charge in [-0.3, -0.25) is 4.79 Å². The van der Waals surface area contributed by atoms with Crippen LogP contribution in [0.5, 0.6) is 0 Å². The maximum Gasteiger partial charge on any atom is 0.257 e. The lowest BCUT2D eigenvalue weighted by atomic mass is 10.2. The highest BCUT2D eigenvalue weighted by atomic mass is 35.5. The van der Waals surface area contributed by atoms with Gasteiger partial charge in [0, 0.05) is 20.7 Å². The molecule has 0 saturated carbocycles. The summed E-state index contributed by atoms with van der Waals surface area (Å²) in [6.07, 6.45) is 0. The Morgan fingerprint density at radius 1 is 1.59 bits per heavy atom. The van der Waals surface area contributed by atoms with E-state index >= 15 is 0 Å². The molecule has 0 saturated heterocycles. The highest BCUT2D eigenvalue weighted by Gasteiger charge is 2.19. The second kappa shape index (κ2) is 6.07. The second-order valence-electron chi connectivity index (χ2n) is 4.07. The van der Waals surface area contributed by atoms with Crippen molar-refractivity contribution in [1.29, 1.82) is 0 Å². The summed E-state index contributed by atoms with van der Waals surface area (Å²) in [6, 6.07) is 1.74. The maximum absolute atomic E-state index is 12.1. The van der Waals surface area contributed by atoms with Gasteiger partial charge in [0.05, 0.1) is 17.5 Å². The van der Waals surface area contributed by atoms with Crippen molar-refractivity contribution in [3.05, 3.63) is 23.2 Å². The number of amides is 1. The Balaban J connectivity index is 2.66. The summed E-state index contributed by atoms with van der Waals surface area (Å²) in [4.78, 5) is 13.7. The van der Waals surface area contributed by atoms with Crippen molar-refractivity contribution >= 4 is 17.5 Å². The van der Waals surface area contributed by atoms with Gasteiger partial charge >= 0.3 is 0 Å². The van der Waals surface area contributed by atoms with E-state index in [1.54, 1.807) is 32.0 Å². The van der Waals surface area contributed by atoms with E-state index in [2.05, 4.69) is 0 Å². The van der Waals surface area contributed by atoms with E-state index in [1.807, 2.05) is 6.92 Å². The number of alkyl halides is 1. The molecule has 4 nitrogen and oxygen atoms in total. The molecule has 0 aliphatic heterocycles. The van der Waals surface area contributed by atoms with Crippen LogP contribution in [0.15, 0.2) is 10.5 Å². The van der Waals surface area contributed by atoms with Crippen LogP contribution in [0.1, 0.15) is 21.9 Å². The number of hydrogen-bond acceptors (Lipinski definition) is 3. The molecule has 1 unspecified atom stereocenters. The fraction of sp³-hybridized carbons (Fsp3) is 0.583. The Labute approximate surface area is 106 Å². The molecule has 1 aromatic heterocycles. The monoisotopic (exact) mass is 259 g/mol. The van der Waals surface area contributed by atoms with Gasteiger partial charge in [-0.2, -0.15) is 0 Å². The van der Waals surface area contributed by atoms with Crippen molar-refractivity contribution in [3.63, 3.8) is 0 Å². The number of rotatable bonds is 5. The first-order valence-electron chi connectivity index (χ1n) is 5.41. The molecular weight excluding hydrogens is 242 g/mol. The van der Waals surface area contributed by atoms with Crippen LogP contribution in [-0.4, -0.2) is 43.5 Å². The molecule has 5 heteroatoms. The molecule has 1 amide bonds. The van der Waals surface area contributed by atoms with Crippen molar-refractivity contribution in [2.45, 2.75) is 19.2 Å². The molecule has 0 N–H and O–H groups in total. The molecule has 17 heavy (non-hydrogen) atoms. The van der Waals surface area contributed by atoms with E-state index in [0.717, 1.165) is 5.76 Å². The Morgan fingerprint density at radius 3 is 2.71 bits per heavy atom. The molecule has 1 atom stereocenters. The fourth-order valence-electron chi connectivity index (χ4n) is 1.66. The molecule has 96 valence electrons. The van der Waals surface area contributed by atoms with Gasteiger partial charge in [0.15, 0.2) is 0 Å². The molecule has 0 aromatic carbocycles. The predicted octanol–water partition coefficient (Wildman–Crippen LogP) is 2.22. The molecule has 0 bridgehead atoms. The average Bonchev–Trinajstić information content (AvgIpc) is 2.56. The molecular formula is C12H18ClNO3. The number of carbonyl (C=O) groups excluding carboxylic acids is 1. The molecule has 1 aromatic rings. The minimum absolute atomic E-state index is 0.0823. The van der Waals surface area contributed by atoms with Crippen LogP contribution >= 0.6 is 11.6 Å². The van der Waals surface area contributed by atoms with Gasteiger partial charge in [-0.15, -0.1) is 11.6 Å². The number of halogens is 1. The lowest BCUT2D eigenvalue weighted by molar-refractivity contribution is 0.0780. The molecule has 1 rings (SSSR count). The van der Waals surface area contributed by atoms with Crippen molar-refractivity contribution in [2.24, 2.45) is 0 Å². The summed E-state index contributed by atoms with van der Waals surface area (Å²) < 4.78 is 10.3. The fourth-order valence-corrected chi connectivity index (χ4v) is 2.00. The standard InChI is InChI=1S/C12H18ClNO3/c1-8-5-11(9(2)17-8)12(15)14(3)6-10(13)7-16-4/h5,10H,6-7H2,1-4H3. The second-order valence-corrected chi connectivity index (χ2v) is 4.68. The molecule has 0 radical (unpaired) electrons. The number of aryl methyl sites for hydroxylation is 2. The lowest BCUT2D eigenvalue weighted by Crippen LogP contribution is -2.34. The third kappa shape index (κ3) is 3.75. The predicted molar refractivity (Wildman–Crippen MR) is 66.7 cm³/mol. The van der Waals surface area contributed by atoms with Crippen molar-refractivity contribution in [1.82, 2.24) is 4.90 Å². The number of hydrogen-bond donors (Lipinski definition) is 0. The highest BCUT2D eigenvalue weighted by molar-refractivity contribution is 6.21. The van der Waals surface area contributed by atoms with E-state index in [-0.39, 0.29) is 11.3 Å². The van der Waals surface area contributed by atoms with Crippen LogP contribution in [0, 0.1) is 13.8 Å². The smallest absolute Gasteiger partial charge is 0.257 e. The summed E-state index contributed by atoms with van der Waals surface area (Å²) in [5.41, 5.74) is 0.589. The van der Waals surface area contributed by atoms with Crippen LogP contribution in [-0.2, 0) is 4.74 Å². The summed E-state index contributed by atoms with van der Waals surface area (Å²) in [6.45, 7) is 4.46. The SMILES string of the molecule is COCC(Cl)CN(C)C(=O)c1cc(C)oc1C. The highest BCUT2D eigenvalue weighted by Crippen LogP contribution is 2.16. The van der Waals surface area contributed by atoms with Gasteiger partial charge in [0.2, 0.25) is 0 Å². The number of nitrogens with zero attached hydrogens (tertiary/aromatic N) is 1. The molecule has 0 fully saturated rings. The average molecular weight is 260 g/mol. The van der Waals surface area contributed by atoms with E-state index in [0.29, 0.717) is 24.5 Å². The Bertz CT molecular complexity index is 389. The summed E-state index contributed by atoms with van der Waals surface area (Å²) in [7, 11) is 3.30. The third-order valence-electron chi connectivity index (χ3n) is 2.44. The van der Waals surface area contributed by atoms with Crippen LogP contribution < -0.4 is 0 Å². The molecule has 0 aliphatic rings. The van der Waals surface area contributed by atoms with Gasteiger partial charge in [-0.05, 0) is 19.9 Å². The number of methoxy groups -OCH3 is 1. The normalized spacial score (nSPS) is 12.5. The lowest BCUT2D eigenvalue weighted by Gasteiger charge is -2.19. The van der Waals surface area contributed by atoms with Gasteiger partial charge < -0.3 is 14.1 Å². The maximum atomic E-state index is 12.1. The zero-order valence-electron chi connectivity index (χ0n) is 10.6. The number of carbonyl (C=O) groups is 1. The topological polar surface area (TPSA) is 42.7 Å². The van der Waals surface area contributed by atoms with Crippen LogP contribution in [0.4, 0.5) is 0 Å². The third-order valence-corrected chi connectivity index (χ3v) is 2.70. The first kappa shape index (κ1) is 14.1. The minimum Gasteiger partial charge on any atom is -0.466 e. The molecule has 0 spiro atoms. The van der Waals surface area contributed by atoms with Crippen LogP contribution in [0.3, 0.4) is 0 Å². The van der Waals surface area contributed by atoms with Crippen molar-refractivity contribution < 1.29 is 13.9 Å². The number of ether oxygens (including phenoxy) is 1. The van der Waals surface area contributed by atoms with Gasteiger partial charge in [0.25, 0.3) is 5.91 Å². The van der Waals surface area contributed by atoms with Crippen LogP contribution in [0.25, 0.3) is 0 Å². The van der Waals surface area contributed by atoms with E-state index < -0.39 is 0 Å². The van der Waals surface area contributed by atoms with E-state index in [9.17, 15) is 4.79 Å². The van der Waals surface area contributed by atoms with Gasteiger partial charge in [0.1, 0.15) is 11.5 Å². The Kier molecular flexibility index (Phi) is 5.02. The minimum atomic E-state index is -0.206. The summed E-state index contributed by atoms with van der Waals surface area (Å²) in [5, 5.41) is -0.206. The van der Waals surface area contributed by atoms with Crippen molar-refractivity contribution in [3.8, 4) is 0 Å². The Hall–Kier alpha value is -1.00. The first-order valence-corrected chi connectivity index (χ1v) is 5.84. The van der Waals surface area contributed by atoms with Crippen molar-refractivity contribution in [2.75, 3.05) is 27.3 Å². The van der Waals surface area contributed by atoms with Gasteiger partial charge in [-0.1, -0.05) is 0 Å². The zero-order chi connectivity index (χ0) is 13.0. The van der Waals surface area contributed by atoms with E-state index in [1.165, 1.54) is 0 Å². The van der Waals surface area contributed by atoms with Gasteiger partial charge in [-0.25, -0.2) is 0 Å². The zero-order valence-corrected chi connectivity index (χ0v) is 11.4. The largest absolute Gasteiger partial charge is 0.466 e. The van der Waals surface area contributed by atoms with E-state index in [4.69, 9.17) is 20.8 Å². The molecule has 0 aliphatic carbocycles. The van der Waals surface area contributed by atoms with Crippen LogP contribution in [0.2, 0.25) is 0 Å². The molecule has 1 heterocycles. The number of furan rings is 1. The summed E-state index contributed by atoms with van der Waals surface area (Å²) >= 11 is 6.01. The first-order chi connectivity index (χ1) is 7.95. The Morgan fingerprint density at radius 2 is 2.24 bits per heavy atom. The summed E-state index contributed by atoms with van der Waals surface area (Å²) in [5.74, 6) is 1.29. The quantitative estimate of drug-likeness (QED) is 0.762.